The molecular formula is C8H12N6. The highest BCUT2D eigenvalue weighted by Crippen LogP contribution is 2.24. The van der Waals surface area contributed by atoms with Crippen LogP contribution in [0.5, 0.6) is 0 Å². The zero-order valence-corrected chi connectivity index (χ0v) is 8.39. The normalized spacial score (nSPS) is 11.1. The number of aromatic amines is 1. The molecule has 2 heterocycles. The van der Waals surface area contributed by atoms with Crippen LogP contribution in [0.2, 0.25) is 0 Å². The van der Waals surface area contributed by atoms with E-state index in [1.165, 1.54) is 0 Å². The molecule has 0 aliphatic rings. The smallest absolute Gasteiger partial charge is 0.208 e. The summed E-state index contributed by atoms with van der Waals surface area (Å²) < 4.78 is 1.76. The molecule has 0 radical (unpaired) electrons. The standard InChI is InChI=1S/C8H12N6/c1-5(2)7-6(4-14(3)11-7)8-9-12-13-10-8/h4-5H,1-3H3,(H,9,10,12,13). The molecule has 2 aromatic heterocycles. The second-order valence-corrected chi connectivity index (χ2v) is 3.49. The van der Waals surface area contributed by atoms with Crippen LogP contribution in [0, 0.1) is 0 Å². The molecule has 74 valence electrons. The van der Waals surface area contributed by atoms with Crippen LogP contribution >= 0.6 is 0 Å². The number of nitrogens with zero attached hydrogens (tertiary/aromatic N) is 5. The minimum absolute atomic E-state index is 0.352. The Morgan fingerprint density at radius 3 is 2.79 bits per heavy atom. The Bertz CT molecular complexity index is 413. The minimum atomic E-state index is 0.352. The SMILES string of the molecule is CC(C)c1nn(C)cc1-c1nn[nH]n1. The van der Waals surface area contributed by atoms with Crippen molar-refractivity contribution in [1.29, 1.82) is 0 Å². The van der Waals surface area contributed by atoms with Crippen LogP contribution in [0.4, 0.5) is 0 Å². The Hall–Kier alpha value is -1.72. The van der Waals surface area contributed by atoms with Crippen molar-refractivity contribution in [2.24, 2.45) is 7.05 Å². The Balaban J connectivity index is 2.52. The lowest BCUT2D eigenvalue weighted by molar-refractivity contribution is 0.713. The Labute approximate surface area is 81.3 Å². The molecule has 0 bridgehead atoms. The molecule has 0 fully saturated rings. The van der Waals surface area contributed by atoms with Gasteiger partial charge in [-0.25, -0.2) is 0 Å². The van der Waals surface area contributed by atoms with E-state index in [2.05, 4.69) is 39.6 Å². The van der Waals surface area contributed by atoms with Crippen LogP contribution in [0.3, 0.4) is 0 Å². The maximum Gasteiger partial charge on any atom is 0.208 e. The molecule has 1 N–H and O–H groups in total. The van der Waals surface area contributed by atoms with Crippen molar-refractivity contribution in [3.05, 3.63) is 11.9 Å². The van der Waals surface area contributed by atoms with E-state index in [0.29, 0.717) is 11.7 Å². The zero-order chi connectivity index (χ0) is 10.1. The highest BCUT2D eigenvalue weighted by atomic mass is 15.5. The van der Waals surface area contributed by atoms with Crippen LogP contribution in [0.25, 0.3) is 11.4 Å². The van der Waals surface area contributed by atoms with Gasteiger partial charge in [-0.15, -0.1) is 10.2 Å². The molecule has 14 heavy (non-hydrogen) atoms. The molecule has 0 aromatic carbocycles. The van der Waals surface area contributed by atoms with Crippen LogP contribution in [0.15, 0.2) is 6.20 Å². The van der Waals surface area contributed by atoms with Crippen molar-refractivity contribution in [3.8, 4) is 11.4 Å². The van der Waals surface area contributed by atoms with Gasteiger partial charge in [-0.3, -0.25) is 4.68 Å². The molecule has 6 nitrogen and oxygen atoms in total. The second-order valence-electron chi connectivity index (χ2n) is 3.49. The maximum absolute atomic E-state index is 4.36. The predicted molar refractivity (Wildman–Crippen MR) is 50.5 cm³/mol. The highest BCUT2D eigenvalue weighted by Gasteiger charge is 2.15. The van der Waals surface area contributed by atoms with Crippen molar-refractivity contribution >= 4 is 0 Å². The maximum atomic E-state index is 4.36. The van der Waals surface area contributed by atoms with E-state index in [9.17, 15) is 0 Å². The van der Waals surface area contributed by atoms with Gasteiger partial charge in [0, 0.05) is 13.2 Å². The summed E-state index contributed by atoms with van der Waals surface area (Å²) in [5.41, 5.74) is 1.94. The lowest BCUT2D eigenvalue weighted by atomic mass is 10.1. The van der Waals surface area contributed by atoms with Crippen molar-refractivity contribution in [2.75, 3.05) is 0 Å². The van der Waals surface area contributed by atoms with E-state index >= 15 is 0 Å². The topological polar surface area (TPSA) is 72.3 Å². The van der Waals surface area contributed by atoms with Gasteiger partial charge >= 0.3 is 0 Å². The number of hydrogen-bond acceptors (Lipinski definition) is 4. The van der Waals surface area contributed by atoms with Crippen molar-refractivity contribution < 1.29 is 0 Å². The van der Waals surface area contributed by atoms with Gasteiger partial charge in [-0.2, -0.15) is 10.3 Å². The van der Waals surface area contributed by atoms with Crippen LogP contribution in [-0.4, -0.2) is 30.4 Å². The lowest BCUT2D eigenvalue weighted by Crippen LogP contribution is -1.94. The van der Waals surface area contributed by atoms with E-state index in [1.807, 2.05) is 13.2 Å². The van der Waals surface area contributed by atoms with Gasteiger partial charge in [0.25, 0.3) is 0 Å². The van der Waals surface area contributed by atoms with Crippen LogP contribution < -0.4 is 0 Å². The third-order valence-electron chi connectivity index (χ3n) is 1.99. The molecule has 0 atom stereocenters. The molecule has 0 aliphatic heterocycles. The summed E-state index contributed by atoms with van der Waals surface area (Å²) >= 11 is 0. The third kappa shape index (κ3) is 1.39. The Kier molecular flexibility index (Phi) is 2.03. The monoisotopic (exact) mass is 192 g/mol. The number of tetrazole rings is 1. The van der Waals surface area contributed by atoms with Crippen LogP contribution in [-0.2, 0) is 7.05 Å². The average molecular weight is 192 g/mol. The predicted octanol–water partition coefficient (Wildman–Crippen LogP) is 0.724. The summed E-state index contributed by atoms with van der Waals surface area (Å²) in [6.07, 6.45) is 1.90. The summed E-state index contributed by atoms with van der Waals surface area (Å²) in [6, 6.07) is 0. The number of H-pyrrole nitrogens is 1. The quantitative estimate of drug-likeness (QED) is 0.761. The number of aromatic nitrogens is 6. The van der Waals surface area contributed by atoms with Crippen molar-refractivity contribution in [2.45, 2.75) is 19.8 Å². The van der Waals surface area contributed by atoms with Gasteiger partial charge in [0.1, 0.15) is 0 Å². The summed E-state index contributed by atoms with van der Waals surface area (Å²) in [4.78, 5) is 0. The third-order valence-corrected chi connectivity index (χ3v) is 1.99. The van der Waals surface area contributed by atoms with Crippen molar-refractivity contribution in [3.63, 3.8) is 0 Å². The van der Waals surface area contributed by atoms with E-state index in [4.69, 9.17) is 0 Å². The first-order valence-corrected chi connectivity index (χ1v) is 4.46. The van der Waals surface area contributed by atoms with E-state index in [1.54, 1.807) is 4.68 Å². The summed E-state index contributed by atoms with van der Waals surface area (Å²) in [6.45, 7) is 4.18. The fraction of sp³-hybridized carbons (Fsp3) is 0.500. The molecular weight excluding hydrogens is 180 g/mol. The molecule has 6 heteroatoms. The van der Waals surface area contributed by atoms with Gasteiger partial charge in [-0.1, -0.05) is 13.8 Å². The number of nitrogens with one attached hydrogen (secondary N) is 1. The lowest BCUT2D eigenvalue weighted by Gasteiger charge is -2.00. The molecule has 0 unspecified atom stereocenters. The number of hydrogen-bond donors (Lipinski definition) is 1. The fourth-order valence-corrected chi connectivity index (χ4v) is 1.38. The Morgan fingerprint density at radius 2 is 2.21 bits per heavy atom. The molecule has 0 amide bonds. The highest BCUT2D eigenvalue weighted by molar-refractivity contribution is 5.56. The fourth-order valence-electron chi connectivity index (χ4n) is 1.38. The molecule has 2 rings (SSSR count). The Morgan fingerprint density at radius 1 is 1.43 bits per heavy atom. The molecule has 0 spiro atoms. The van der Waals surface area contributed by atoms with Gasteiger partial charge in [0.2, 0.25) is 5.82 Å². The second kappa shape index (κ2) is 3.21. The van der Waals surface area contributed by atoms with Gasteiger partial charge in [0.05, 0.1) is 11.3 Å². The van der Waals surface area contributed by atoms with Gasteiger partial charge in [-0.05, 0) is 11.1 Å². The number of aryl methyl sites for hydroxylation is 1. The largest absolute Gasteiger partial charge is 0.275 e. The summed E-state index contributed by atoms with van der Waals surface area (Å²) in [5.74, 6) is 0.950. The molecule has 0 saturated heterocycles. The van der Waals surface area contributed by atoms with E-state index < -0.39 is 0 Å². The van der Waals surface area contributed by atoms with Gasteiger partial charge < -0.3 is 0 Å². The first-order valence-electron chi connectivity index (χ1n) is 4.46. The zero-order valence-electron chi connectivity index (χ0n) is 8.39. The van der Waals surface area contributed by atoms with E-state index in [-0.39, 0.29) is 0 Å². The molecule has 0 aliphatic carbocycles. The minimum Gasteiger partial charge on any atom is -0.275 e. The van der Waals surface area contributed by atoms with E-state index in [0.717, 1.165) is 11.3 Å². The van der Waals surface area contributed by atoms with Crippen molar-refractivity contribution in [1.82, 2.24) is 30.4 Å². The molecule has 2 aromatic rings. The average Bonchev–Trinajstić information content (AvgIpc) is 2.70. The summed E-state index contributed by atoms with van der Waals surface area (Å²) in [7, 11) is 1.88. The molecule has 0 saturated carbocycles. The first-order chi connectivity index (χ1) is 6.68. The van der Waals surface area contributed by atoms with Gasteiger partial charge in [0.15, 0.2) is 0 Å². The summed E-state index contributed by atoms with van der Waals surface area (Å²) in [5, 5.41) is 18.2. The van der Waals surface area contributed by atoms with Crippen LogP contribution in [0.1, 0.15) is 25.5 Å². The first kappa shape index (κ1) is 8.86. The number of rotatable bonds is 2.